The smallest absolute Gasteiger partial charge is 0.183 e. The van der Waals surface area contributed by atoms with E-state index in [-0.39, 0.29) is 10.6 Å². The molecule has 0 fully saturated rings. The number of alkyl halides is 1. The van der Waals surface area contributed by atoms with E-state index in [1.54, 1.807) is 18.2 Å². The predicted octanol–water partition coefficient (Wildman–Crippen LogP) is 2.68. The maximum absolute atomic E-state index is 11.6. The zero-order valence-corrected chi connectivity index (χ0v) is 8.93. The molecule has 13 heavy (non-hydrogen) atoms. The van der Waals surface area contributed by atoms with Gasteiger partial charge in [0, 0.05) is 5.02 Å². The van der Waals surface area contributed by atoms with E-state index >= 15 is 0 Å². The van der Waals surface area contributed by atoms with Crippen LogP contribution in [0, 0.1) is 0 Å². The van der Waals surface area contributed by atoms with Gasteiger partial charge in [-0.2, -0.15) is 0 Å². The number of hydrogen-bond donors (Lipinski definition) is 0. The SMILES string of the molecule is O=C1c2cc(Cl)ccc2OCC1Br. The van der Waals surface area contributed by atoms with E-state index in [1.807, 2.05) is 0 Å². The van der Waals surface area contributed by atoms with Gasteiger partial charge >= 0.3 is 0 Å². The molecule has 1 aromatic rings. The normalized spacial score (nSPS) is 20.8. The van der Waals surface area contributed by atoms with E-state index in [0.717, 1.165) is 0 Å². The highest BCUT2D eigenvalue weighted by atomic mass is 79.9. The molecule has 0 saturated heterocycles. The van der Waals surface area contributed by atoms with Crippen LogP contribution in [0.5, 0.6) is 5.75 Å². The van der Waals surface area contributed by atoms with Gasteiger partial charge in [-0.3, -0.25) is 4.79 Å². The van der Waals surface area contributed by atoms with E-state index in [9.17, 15) is 4.79 Å². The summed E-state index contributed by atoms with van der Waals surface area (Å²) in [5.74, 6) is 0.647. The van der Waals surface area contributed by atoms with Crippen molar-refractivity contribution < 1.29 is 9.53 Å². The molecule has 2 rings (SSSR count). The summed E-state index contributed by atoms with van der Waals surface area (Å²) in [6.07, 6.45) is 0. The summed E-state index contributed by atoms with van der Waals surface area (Å²) in [6, 6.07) is 5.06. The molecule has 1 heterocycles. The summed E-state index contributed by atoms with van der Waals surface area (Å²) < 4.78 is 5.33. The second-order valence-electron chi connectivity index (χ2n) is 2.78. The number of hydrogen-bond acceptors (Lipinski definition) is 2. The Morgan fingerprint density at radius 3 is 3.08 bits per heavy atom. The number of ketones is 1. The Bertz CT molecular complexity index is 365. The first-order valence-corrected chi connectivity index (χ1v) is 5.08. The summed E-state index contributed by atoms with van der Waals surface area (Å²) in [4.78, 5) is 11.3. The maximum atomic E-state index is 11.6. The van der Waals surface area contributed by atoms with Crippen LogP contribution in [0.4, 0.5) is 0 Å². The number of benzene rings is 1. The maximum Gasteiger partial charge on any atom is 0.183 e. The summed E-state index contributed by atoms with van der Waals surface area (Å²) in [6.45, 7) is 0.382. The molecular formula is C9H6BrClO2. The zero-order chi connectivity index (χ0) is 9.42. The highest BCUT2D eigenvalue weighted by molar-refractivity contribution is 9.10. The molecule has 0 aliphatic carbocycles. The molecule has 1 aliphatic rings. The van der Waals surface area contributed by atoms with Crippen LogP contribution >= 0.6 is 27.5 Å². The van der Waals surface area contributed by atoms with Crippen molar-refractivity contribution in [3.8, 4) is 5.75 Å². The van der Waals surface area contributed by atoms with Gasteiger partial charge in [-0.05, 0) is 18.2 Å². The van der Waals surface area contributed by atoms with Gasteiger partial charge in [0.1, 0.15) is 17.2 Å². The molecule has 2 nitrogen and oxygen atoms in total. The molecule has 0 bridgehead atoms. The monoisotopic (exact) mass is 260 g/mol. The lowest BCUT2D eigenvalue weighted by atomic mass is 10.1. The van der Waals surface area contributed by atoms with E-state index in [2.05, 4.69) is 15.9 Å². The average Bonchev–Trinajstić information content (AvgIpc) is 2.12. The Kier molecular flexibility index (Phi) is 2.30. The molecule has 1 atom stereocenters. The van der Waals surface area contributed by atoms with Crippen LogP contribution in [0.1, 0.15) is 10.4 Å². The molecule has 0 radical (unpaired) electrons. The molecule has 0 aromatic heterocycles. The molecule has 1 aromatic carbocycles. The van der Waals surface area contributed by atoms with Crippen molar-refractivity contribution in [3.05, 3.63) is 28.8 Å². The molecule has 68 valence electrons. The molecule has 0 saturated carbocycles. The first kappa shape index (κ1) is 9.03. The third-order valence-corrected chi connectivity index (χ3v) is 2.79. The van der Waals surface area contributed by atoms with Gasteiger partial charge in [-0.15, -0.1) is 0 Å². The minimum Gasteiger partial charge on any atom is -0.491 e. The Balaban J connectivity index is 2.51. The van der Waals surface area contributed by atoms with Crippen molar-refractivity contribution in [2.75, 3.05) is 6.61 Å². The van der Waals surface area contributed by atoms with Crippen LogP contribution in [0.2, 0.25) is 5.02 Å². The number of fused-ring (bicyclic) bond motifs is 1. The Morgan fingerprint density at radius 2 is 2.31 bits per heavy atom. The predicted molar refractivity (Wildman–Crippen MR) is 54.0 cm³/mol. The lowest BCUT2D eigenvalue weighted by Gasteiger charge is -2.19. The van der Waals surface area contributed by atoms with Crippen molar-refractivity contribution >= 4 is 33.3 Å². The van der Waals surface area contributed by atoms with Gasteiger partial charge in [-0.1, -0.05) is 27.5 Å². The molecule has 0 spiro atoms. The van der Waals surface area contributed by atoms with E-state index in [1.165, 1.54) is 0 Å². The van der Waals surface area contributed by atoms with Crippen LogP contribution in [0.3, 0.4) is 0 Å². The van der Waals surface area contributed by atoms with Crippen LogP contribution in [0.15, 0.2) is 18.2 Å². The molecule has 4 heteroatoms. The first-order chi connectivity index (χ1) is 6.18. The average molecular weight is 262 g/mol. The fraction of sp³-hybridized carbons (Fsp3) is 0.222. The standard InChI is InChI=1S/C9H6BrClO2/c10-7-4-13-8-2-1-5(11)3-6(8)9(7)12/h1-3,7H,4H2. The fourth-order valence-electron chi connectivity index (χ4n) is 1.23. The Labute approximate surface area is 89.0 Å². The molecule has 1 unspecified atom stereocenters. The van der Waals surface area contributed by atoms with Crippen molar-refractivity contribution in [2.45, 2.75) is 4.83 Å². The lowest BCUT2D eigenvalue weighted by Crippen LogP contribution is -2.27. The van der Waals surface area contributed by atoms with Crippen LogP contribution in [0.25, 0.3) is 0 Å². The van der Waals surface area contributed by atoms with E-state index in [4.69, 9.17) is 16.3 Å². The molecule has 1 aliphatic heterocycles. The topological polar surface area (TPSA) is 26.3 Å². The van der Waals surface area contributed by atoms with Crippen molar-refractivity contribution in [1.29, 1.82) is 0 Å². The molecule has 0 amide bonds. The minimum atomic E-state index is -0.251. The summed E-state index contributed by atoms with van der Waals surface area (Å²) >= 11 is 9.00. The minimum absolute atomic E-state index is 0.0313. The zero-order valence-electron chi connectivity index (χ0n) is 6.59. The van der Waals surface area contributed by atoms with Gasteiger partial charge < -0.3 is 4.74 Å². The van der Waals surface area contributed by atoms with Gasteiger partial charge in [0.25, 0.3) is 0 Å². The highest BCUT2D eigenvalue weighted by Crippen LogP contribution is 2.29. The van der Waals surface area contributed by atoms with Crippen LogP contribution < -0.4 is 4.74 Å². The quantitative estimate of drug-likeness (QED) is 0.671. The Morgan fingerprint density at radius 1 is 1.54 bits per heavy atom. The lowest BCUT2D eigenvalue weighted by molar-refractivity contribution is 0.0946. The Hall–Kier alpha value is -0.540. The summed E-state index contributed by atoms with van der Waals surface area (Å²) in [5.41, 5.74) is 0.556. The summed E-state index contributed by atoms with van der Waals surface area (Å²) in [5, 5.41) is 0.553. The highest BCUT2D eigenvalue weighted by Gasteiger charge is 2.26. The van der Waals surface area contributed by atoms with Crippen molar-refractivity contribution in [2.24, 2.45) is 0 Å². The van der Waals surface area contributed by atoms with Crippen LogP contribution in [-0.4, -0.2) is 17.2 Å². The van der Waals surface area contributed by atoms with Crippen molar-refractivity contribution in [1.82, 2.24) is 0 Å². The second kappa shape index (κ2) is 3.31. The van der Waals surface area contributed by atoms with Gasteiger partial charge in [0.2, 0.25) is 0 Å². The van der Waals surface area contributed by atoms with Gasteiger partial charge in [0.15, 0.2) is 5.78 Å². The number of ether oxygens (including phenoxy) is 1. The number of Topliss-reactive ketones (excluding diaryl/α,β-unsaturated/α-hetero) is 1. The number of carbonyl (C=O) groups is 1. The number of carbonyl (C=O) groups excluding carboxylic acids is 1. The summed E-state index contributed by atoms with van der Waals surface area (Å²) in [7, 11) is 0. The largest absolute Gasteiger partial charge is 0.491 e. The van der Waals surface area contributed by atoms with Crippen LogP contribution in [-0.2, 0) is 0 Å². The van der Waals surface area contributed by atoms with Crippen molar-refractivity contribution in [3.63, 3.8) is 0 Å². The molecular weight excluding hydrogens is 255 g/mol. The fourth-order valence-corrected chi connectivity index (χ4v) is 1.78. The first-order valence-electron chi connectivity index (χ1n) is 3.79. The second-order valence-corrected chi connectivity index (χ2v) is 4.33. The molecule has 0 N–H and O–H groups in total. The third kappa shape index (κ3) is 1.58. The number of halogens is 2. The van der Waals surface area contributed by atoms with E-state index in [0.29, 0.717) is 22.9 Å². The van der Waals surface area contributed by atoms with Gasteiger partial charge in [-0.25, -0.2) is 0 Å². The number of rotatable bonds is 0. The van der Waals surface area contributed by atoms with E-state index < -0.39 is 0 Å². The third-order valence-electron chi connectivity index (χ3n) is 1.88. The van der Waals surface area contributed by atoms with Gasteiger partial charge in [0.05, 0.1) is 5.56 Å².